The average molecular weight is 287 g/mol. The van der Waals surface area contributed by atoms with Crippen LogP contribution in [0.15, 0.2) is 36.4 Å². The van der Waals surface area contributed by atoms with Crippen molar-refractivity contribution in [3.8, 4) is 17.6 Å². The molecule has 1 heterocycles. The summed E-state index contributed by atoms with van der Waals surface area (Å²) in [5, 5.41) is 0. The molecule has 1 aromatic heterocycles. The lowest BCUT2D eigenvalue weighted by atomic mass is 10.2. The van der Waals surface area contributed by atoms with Crippen LogP contribution in [-0.2, 0) is 18.0 Å². The van der Waals surface area contributed by atoms with Gasteiger partial charge in [-0.1, -0.05) is 24.0 Å². The summed E-state index contributed by atoms with van der Waals surface area (Å²) in [5.74, 6) is 6.72. The van der Waals surface area contributed by atoms with Gasteiger partial charge in [0.25, 0.3) is 0 Å². The van der Waals surface area contributed by atoms with Gasteiger partial charge in [0.1, 0.15) is 5.75 Å². The van der Waals surface area contributed by atoms with Crippen LogP contribution in [0, 0.1) is 11.8 Å². The Labute approximate surface area is 123 Å². The topological polar surface area (TPSA) is 44.5 Å². The molecule has 2 aromatic rings. The van der Waals surface area contributed by atoms with Gasteiger partial charge in [-0.15, -0.1) is 11.3 Å². The number of rotatable bonds is 5. The summed E-state index contributed by atoms with van der Waals surface area (Å²) in [7, 11) is 1.66. The van der Waals surface area contributed by atoms with E-state index in [1.807, 2.05) is 36.4 Å². The van der Waals surface area contributed by atoms with Crippen molar-refractivity contribution in [3.05, 3.63) is 51.7 Å². The number of methoxy groups -OCH3 is 1. The van der Waals surface area contributed by atoms with Crippen molar-refractivity contribution in [2.24, 2.45) is 5.73 Å². The molecule has 2 N–H and O–H groups in total. The van der Waals surface area contributed by atoms with Crippen LogP contribution in [0.2, 0.25) is 0 Å². The second kappa shape index (κ2) is 7.71. The number of benzene rings is 1. The summed E-state index contributed by atoms with van der Waals surface area (Å²) in [6, 6.07) is 11.9. The Bertz CT molecular complexity index is 593. The quantitative estimate of drug-likeness (QED) is 0.860. The maximum atomic E-state index is 5.69. The van der Waals surface area contributed by atoms with Gasteiger partial charge in [0, 0.05) is 4.88 Å². The molecule has 0 aliphatic rings. The monoisotopic (exact) mass is 287 g/mol. The third kappa shape index (κ3) is 4.39. The van der Waals surface area contributed by atoms with E-state index in [0.29, 0.717) is 19.8 Å². The van der Waals surface area contributed by atoms with Crippen molar-refractivity contribution >= 4 is 11.3 Å². The first kappa shape index (κ1) is 14.6. The highest BCUT2D eigenvalue weighted by molar-refractivity contribution is 7.12. The maximum Gasteiger partial charge on any atom is 0.118 e. The van der Waals surface area contributed by atoms with E-state index in [1.165, 1.54) is 4.88 Å². The normalized spacial score (nSPS) is 9.90. The molecular weight excluding hydrogens is 270 g/mol. The minimum absolute atomic E-state index is 0.390. The molecule has 0 fully saturated rings. The summed E-state index contributed by atoms with van der Waals surface area (Å²) >= 11 is 1.64. The van der Waals surface area contributed by atoms with E-state index >= 15 is 0 Å². The summed E-state index contributed by atoms with van der Waals surface area (Å²) < 4.78 is 10.8. The molecule has 0 aliphatic heterocycles. The fourth-order valence-corrected chi connectivity index (χ4v) is 2.47. The van der Waals surface area contributed by atoms with Gasteiger partial charge < -0.3 is 15.2 Å². The lowest BCUT2D eigenvalue weighted by Gasteiger charge is -2.04. The van der Waals surface area contributed by atoms with Gasteiger partial charge in [0.05, 0.1) is 31.7 Å². The third-order valence-corrected chi connectivity index (χ3v) is 3.62. The molecule has 0 spiro atoms. The van der Waals surface area contributed by atoms with Crippen LogP contribution in [0.25, 0.3) is 0 Å². The molecule has 0 amide bonds. The Morgan fingerprint density at radius 3 is 2.60 bits per heavy atom. The Balaban J connectivity index is 1.81. The Hall–Kier alpha value is -1.80. The maximum absolute atomic E-state index is 5.69. The fraction of sp³-hybridized carbons (Fsp3) is 0.250. The van der Waals surface area contributed by atoms with Crippen molar-refractivity contribution in [3.63, 3.8) is 0 Å². The number of nitrogens with two attached hydrogens (primary N) is 1. The van der Waals surface area contributed by atoms with E-state index < -0.39 is 0 Å². The SMILES string of the molecule is COc1ccc(COCc2ccc(C#CCN)s2)cc1. The molecular formula is C16H17NO2S. The molecule has 0 saturated carbocycles. The highest BCUT2D eigenvalue weighted by Gasteiger charge is 1.99. The van der Waals surface area contributed by atoms with Gasteiger partial charge in [-0.3, -0.25) is 0 Å². The Morgan fingerprint density at radius 1 is 1.10 bits per heavy atom. The van der Waals surface area contributed by atoms with Gasteiger partial charge in [-0.25, -0.2) is 0 Å². The third-order valence-electron chi connectivity index (χ3n) is 2.65. The smallest absolute Gasteiger partial charge is 0.118 e. The molecule has 0 saturated heterocycles. The summed E-state index contributed by atoms with van der Waals surface area (Å²) in [4.78, 5) is 2.19. The first-order valence-electron chi connectivity index (χ1n) is 6.30. The minimum atomic E-state index is 0.390. The average Bonchev–Trinajstić information content (AvgIpc) is 2.94. The van der Waals surface area contributed by atoms with E-state index in [9.17, 15) is 0 Å². The first-order valence-corrected chi connectivity index (χ1v) is 7.12. The number of hydrogen-bond acceptors (Lipinski definition) is 4. The molecule has 0 aliphatic carbocycles. The minimum Gasteiger partial charge on any atom is -0.497 e. The lowest BCUT2D eigenvalue weighted by molar-refractivity contribution is 0.109. The largest absolute Gasteiger partial charge is 0.497 e. The highest BCUT2D eigenvalue weighted by atomic mass is 32.1. The van der Waals surface area contributed by atoms with Crippen molar-refractivity contribution in [2.75, 3.05) is 13.7 Å². The van der Waals surface area contributed by atoms with E-state index in [4.69, 9.17) is 15.2 Å². The highest BCUT2D eigenvalue weighted by Crippen LogP contribution is 2.17. The number of hydrogen-bond donors (Lipinski definition) is 1. The Kier molecular flexibility index (Phi) is 5.63. The zero-order valence-corrected chi connectivity index (χ0v) is 12.2. The van der Waals surface area contributed by atoms with E-state index in [-0.39, 0.29) is 0 Å². The Morgan fingerprint density at radius 2 is 1.90 bits per heavy atom. The predicted octanol–water partition coefficient (Wildman–Crippen LogP) is 2.78. The van der Waals surface area contributed by atoms with Crippen LogP contribution in [0.3, 0.4) is 0 Å². The zero-order valence-electron chi connectivity index (χ0n) is 11.4. The fourth-order valence-electron chi connectivity index (χ4n) is 1.65. The van der Waals surface area contributed by atoms with Crippen molar-refractivity contribution in [1.82, 2.24) is 0 Å². The molecule has 20 heavy (non-hydrogen) atoms. The standard InChI is InChI=1S/C16H17NO2S/c1-18-14-6-4-13(5-7-14)11-19-12-16-9-8-15(20-16)3-2-10-17/h4-9H,10-12,17H2,1H3. The molecule has 0 bridgehead atoms. The van der Waals surface area contributed by atoms with Crippen molar-refractivity contribution in [1.29, 1.82) is 0 Å². The predicted molar refractivity (Wildman–Crippen MR) is 81.7 cm³/mol. The second-order valence-electron chi connectivity index (χ2n) is 4.11. The molecule has 3 nitrogen and oxygen atoms in total. The van der Waals surface area contributed by atoms with Crippen LogP contribution < -0.4 is 10.5 Å². The molecule has 2 rings (SSSR count). The summed E-state index contributed by atoms with van der Waals surface area (Å²) in [6.45, 7) is 1.58. The van der Waals surface area contributed by atoms with Crippen LogP contribution in [0.1, 0.15) is 15.3 Å². The number of thiophene rings is 1. The summed E-state index contributed by atoms with van der Waals surface area (Å²) in [5.41, 5.74) is 6.48. The van der Waals surface area contributed by atoms with Crippen LogP contribution in [0.5, 0.6) is 5.75 Å². The van der Waals surface area contributed by atoms with E-state index in [0.717, 1.165) is 16.2 Å². The first-order chi connectivity index (χ1) is 9.81. The molecule has 0 unspecified atom stereocenters. The molecule has 1 aromatic carbocycles. The van der Waals surface area contributed by atoms with Crippen molar-refractivity contribution in [2.45, 2.75) is 13.2 Å². The number of ether oxygens (including phenoxy) is 2. The second-order valence-corrected chi connectivity index (χ2v) is 5.28. The van der Waals surface area contributed by atoms with Gasteiger partial charge in [-0.05, 0) is 29.8 Å². The molecule has 0 radical (unpaired) electrons. The van der Waals surface area contributed by atoms with Crippen LogP contribution in [-0.4, -0.2) is 13.7 Å². The van der Waals surface area contributed by atoms with Crippen LogP contribution in [0.4, 0.5) is 0 Å². The summed E-state index contributed by atoms with van der Waals surface area (Å²) in [6.07, 6.45) is 0. The van der Waals surface area contributed by atoms with Crippen LogP contribution >= 0.6 is 11.3 Å². The molecule has 104 valence electrons. The van der Waals surface area contributed by atoms with E-state index in [1.54, 1.807) is 18.4 Å². The molecule has 0 atom stereocenters. The van der Waals surface area contributed by atoms with Gasteiger partial charge >= 0.3 is 0 Å². The van der Waals surface area contributed by atoms with Gasteiger partial charge in [0.2, 0.25) is 0 Å². The van der Waals surface area contributed by atoms with Gasteiger partial charge in [-0.2, -0.15) is 0 Å². The lowest BCUT2D eigenvalue weighted by Crippen LogP contribution is -1.92. The zero-order chi connectivity index (χ0) is 14.2. The van der Waals surface area contributed by atoms with E-state index in [2.05, 4.69) is 11.8 Å². The van der Waals surface area contributed by atoms with Gasteiger partial charge in [0.15, 0.2) is 0 Å². The molecule has 4 heteroatoms. The van der Waals surface area contributed by atoms with Crippen molar-refractivity contribution < 1.29 is 9.47 Å².